The van der Waals surface area contributed by atoms with Gasteiger partial charge in [0.15, 0.2) is 5.69 Å². The number of fused-ring (bicyclic) bond motifs is 1. The molecule has 2 aromatic carbocycles. The van der Waals surface area contributed by atoms with Gasteiger partial charge in [-0.2, -0.15) is 4.98 Å². The Bertz CT molecular complexity index is 1160. The second kappa shape index (κ2) is 7.67. The molecule has 0 amide bonds. The summed E-state index contributed by atoms with van der Waals surface area (Å²) < 4.78 is 13.6. The molecule has 0 unspecified atom stereocenters. The third-order valence-corrected chi connectivity index (χ3v) is 6.05. The number of nitrogens with zero attached hydrogens (tertiary/aromatic N) is 4. The quantitative estimate of drug-likeness (QED) is 0.417. The summed E-state index contributed by atoms with van der Waals surface area (Å²) in [6, 6.07) is 15.8. The molecule has 0 fully saturated rings. The number of hydrogen-bond acceptors (Lipinski definition) is 6. The van der Waals surface area contributed by atoms with Crippen molar-refractivity contribution in [2.75, 3.05) is 6.26 Å². The number of aromatic nitrogens is 4. The van der Waals surface area contributed by atoms with E-state index in [1.54, 1.807) is 18.1 Å². The van der Waals surface area contributed by atoms with Crippen LogP contribution >= 0.6 is 23.4 Å². The van der Waals surface area contributed by atoms with Crippen molar-refractivity contribution in [2.24, 2.45) is 0 Å². The van der Waals surface area contributed by atoms with E-state index >= 15 is 0 Å². The van der Waals surface area contributed by atoms with Crippen LogP contribution in [0.3, 0.4) is 0 Å². The summed E-state index contributed by atoms with van der Waals surface area (Å²) in [6.07, 6.45) is 3.71. The lowest BCUT2D eigenvalue weighted by Crippen LogP contribution is -2.20. The van der Waals surface area contributed by atoms with Crippen LogP contribution in [0.15, 0.2) is 64.3 Å². The first-order valence-electron chi connectivity index (χ1n) is 9.11. The van der Waals surface area contributed by atoms with Crippen LogP contribution in [0.1, 0.15) is 17.4 Å². The van der Waals surface area contributed by atoms with E-state index in [0.29, 0.717) is 35.6 Å². The zero-order valence-electron chi connectivity index (χ0n) is 15.6. The summed E-state index contributed by atoms with van der Waals surface area (Å²) in [4.78, 5) is 10.2. The van der Waals surface area contributed by atoms with Crippen molar-refractivity contribution in [2.45, 2.75) is 24.2 Å². The average molecular weight is 425 g/mol. The van der Waals surface area contributed by atoms with Crippen LogP contribution < -0.4 is 0 Å². The van der Waals surface area contributed by atoms with Crippen LogP contribution in [0, 0.1) is 0 Å². The highest BCUT2D eigenvalue weighted by Crippen LogP contribution is 2.34. The van der Waals surface area contributed by atoms with Crippen molar-refractivity contribution in [3.63, 3.8) is 0 Å². The highest BCUT2D eigenvalue weighted by Gasteiger charge is 2.27. The summed E-state index contributed by atoms with van der Waals surface area (Å²) in [5, 5.41) is 4.82. The predicted molar refractivity (Wildman–Crippen MR) is 112 cm³/mol. The third-order valence-electron chi connectivity index (χ3n) is 4.96. The lowest BCUT2D eigenvalue weighted by atomic mass is 10.1. The number of hydrogen-bond donors (Lipinski definition) is 0. The van der Waals surface area contributed by atoms with Crippen molar-refractivity contribution in [1.29, 1.82) is 0 Å². The van der Waals surface area contributed by atoms with Crippen molar-refractivity contribution >= 4 is 23.4 Å². The zero-order valence-corrected chi connectivity index (χ0v) is 17.2. The van der Waals surface area contributed by atoms with E-state index in [2.05, 4.69) is 19.7 Å². The number of halogens is 1. The molecule has 0 bridgehead atoms. The maximum atomic E-state index is 6.33. The number of thioether (sulfide) groups is 1. The fourth-order valence-corrected chi connectivity index (χ4v) is 4.07. The van der Waals surface area contributed by atoms with Gasteiger partial charge in [-0.3, -0.25) is 0 Å². The Balaban J connectivity index is 1.41. The molecule has 6 nitrogen and oxygen atoms in total. The minimum Gasteiger partial charge on any atom is -0.365 e. The summed E-state index contributed by atoms with van der Waals surface area (Å²) in [6.45, 7) is 1.02. The van der Waals surface area contributed by atoms with Crippen molar-refractivity contribution < 1.29 is 9.26 Å². The Hall–Kier alpha value is -2.61. The lowest BCUT2D eigenvalue weighted by Gasteiger charge is -2.26. The van der Waals surface area contributed by atoms with Crippen LogP contribution in [-0.2, 0) is 17.9 Å². The number of imidazole rings is 1. The SMILES string of the molecule is CSc1ccc(-c2noc(-c3ncn4c3CO[C@@H](c3ccccc3Cl)C4)n2)cc1. The molecular formula is C21H17ClN4O2S. The molecule has 2 aromatic heterocycles. The smallest absolute Gasteiger partial charge is 0.278 e. The van der Waals surface area contributed by atoms with Gasteiger partial charge in [0.2, 0.25) is 5.82 Å². The van der Waals surface area contributed by atoms with Gasteiger partial charge in [-0.1, -0.05) is 35.0 Å². The topological polar surface area (TPSA) is 66.0 Å². The molecule has 0 N–H and O–H groups in total. The van der Waals surface area contributed by atoms with E-state index in [0.717, 1.165) is 16.8 Å². The summed E-state index contributed by atoms with van der Waals surface area (Å²) in [5.41, 5.74) is 3.45. The first-order valence-corrected chi connectivity index (χ1v) is 10.7. The Labute approximate surface area is 176 Å². The van der Waals surface area contributed by atoms with Crippen molar-refractivity contribution in [3.05, 3.63) is 71.1 Å². The van der Waals surface area contributed by atoms with E-state index in [1.807, 2.05) is 54.8 Å². The maximum absolute atomic E-state index is 6.33. The molecule has 0 radical (unpaired) electrons. The van der Waals surface area contributed by atoms with Gasteiger partial charge in [-0.25, -0.2) is 4.98 Å². The second-order valence-electron chi connectivity index (χ2n) is 6.67. The normalized spacial score (nSPS) is 16.0. The standard InChI is InChI=1S/C21H17ClN4O2S/c1-29-14-8-6-13(7-9-14)20-24-21(28-25-20)19-17-11-27-18(10-26(17)12-23-19)15-4-2-3-5-16(15)22/h2-9,12,18H,10-11H2,1H3/t18-/m1/s1. The predicted octanol–water partition coefficient (Wildman–Crippen LogP) is 5.25. The number of rotatable bonds is 4. The Morgan fingerprint density at radius 2 is 1.97 bits per heavy atom. The van der Waals surface area contributed by atoms with Gasteiger partial charge in [0.25, 0.3) is 5.89 Å². The molecular weight excluding hydrogens is 408 g/mol. The van der Waals surface area contributed by atoms with Crippen LogP contribution in [-0.4, -0.2) is 25.9 Å². The first kappa shape index (κ1) is 18.4. The first-order chi connectivity index (χ1) is 14.2. The average Bonchev–Trinajstić information content (AvgIpc) is 3.41. The molecule has 4 aromatic rings. The third kappa shape index (κ3) is 3.46. The second-order valence-corrected chi connectivity index (χ2v) is 7.95. The van der Waals surface area contributed by atoms with Gasteiger partial charge in [-0.05, 0) is 36.6 Å². The van der Waals surface area contributed by atoms with Gasteiger partial charge in [-0.15, -0.1) is 11.8 Å². The van der Waals surface area contributed by atoms with Gasteiger partial charge in [0, 0.05) is 21.0 Å². The highest BCUT2D eigenvalue weighted by molar-refractivity contribution is 7.98. The molecule has 29 heavy (non-hydrogen) atoms. The fourth-order valence-electron chi connectivity index (χ4n) is 3.41. The maximum Gasteiger partial charge on any atom is 0.278 e. The Morgan fingerprint density at radius 1 is 1.14 bits per heavy atom. The van der Waals surface area contributed by atoms with Crippen LogP contribution in [0.2, 0.25) is 5.02 Å². The molecule has 0 saturated carbocycles. The lowest BCUT2D eigenvalue weighted by molar-refractivity contribution is 0.00336. The molecule has 0 saturated heterocycles. The molecule has 5 rings (SSSR count). The monoisotopic (exact) mass is 424 g/mol. The summed E-state index contributed by atoms with van der Waals surface area (Å²) >= 11 is 8.02. The Kier molecular flexibility index (Phi) is 4.87. The fraction of sp³-hybridized carbons (Fsp3) is 0.190. The molecule has 1 aliphatic rings. The van der Waals surface area contributed by atoms with Crippen LogP contribution in [0.25, 0.3) is 23.0 Å². The van der Waals surface area contributed by atoms with Gasteiger partial charge in [0.05, 0.1) is 25.2 Å². The largest absolute Gasteiger partial charge is 0.365 e. The summed E-state index contributed by atoms with van der Waals surface area (Å²) in [5.74, 6) is 0.933. The minimum absolute atomic E-state index is 0.119. The van der Waals surface area contributed by atoms with Crippen LogP contribution in [0.5, 0.6) is 0 Å². The minimum atomic E-state index is -0.119. The molecule has 0 aliphatic carbocycles. The molecule has 1 aliphatic heterocycles. The molecule has 8 heteroatoms. The zero-order chi connectivity index (χ0) is 19.8. The van der Waals surface area contributed by atoms with E-state index in [1.165, 1.54) is 4.90 Å². The summed E-state index contributed by atoms with van der Waals surface area (Å²) in [7, 11) is 0. The van der Waals surface area contributed by atoms with Crippen molar-refractivity contribution in [3.8, 4) is 23.0 Å². The number of benzene rings is 2. The van der Waals surface area contributed by atoms with E-state index < -0.39 is 0 Å². The van der Waals surface area contributed by atoms with E-state index in [9.17, 15) is 0 Å². The molecule has 146 valence electrons. The molecule has 0 spiro atoms. The number of ether oxygens (including phenoxy) is 1. The molecule has 1 atom stereocenters. The highest BCUT2D eigenvalue weighted by atomic mass is 35.5. The molecule has 3 heterocycles. The Morgan fingerprint density at radius 3 is 2.76 bits per heavy atom. The van der Waals surface area contributed by atoms with Gasteiger partial charge >= 0.3 is 0 Å². The van der Waals surface area contributed by atoms with Gasteiger partial charge < -0.3 is 13.8 Å². The van der Waals surface area contributed by atoms with Crippen LogP contribution in [0.4, 0.5) is 0 Å². The van der Waals surface area contributed by atoms with E-state index in [4.69, 9.17) is 20.9 Å². The van der Waals surface area contributed by atoms with E-state index in [-0.39, 0.29) is 6.10 Å². The van der Waals surface area contributed by atoms with Crippen molar-refractivity contribution in [1.82, 2.24) is 19.7 Å². The van der Waals surface area contributed by atoms with Gasteiger partial charge in [0.1, 0.15) is 6.10 Å².